The third-order valence-corrected chi connectivity index (χ3v) is 5.12. The Labute approximate surface area is 192 Å². The number of nitrogens with one attached hydrogen (secondary N) is 3. The second-order valence-electron chi connectivity index (χ2n) is 6.43. The summed E-state index contributed by atoms with van der Waals surface area (Å²) in [4.78, 5) is 41.0. The predicted molar refractivity (Wildman–Crippen MR) is 119 cm³/mol. The van der Waals surface area contributed by atoms with E-state index in [2.05, 4.69) is 21.2 Å². The highest BCUT2D eigenvalue weighted by Crippen LogP contribution is 2.31. The van der Waals surface area contributed by atoms with E-state index in [1.165, 1.54) is 23.6 Å². The Bertz CT molecular complexity index is 1180. The maximum Gasteiger partial charge on any atom is 0.272 e. The van der Waals surface area contributed by atoms with Crippen molar-refractivity contribution in [2.24, 2.45) is 0 Å². The van der Waals surface area contributed by atoms with Gasteiger partial charge in [0.15, 0.2) is 0 Å². The van der Waals surface area contributed by atoms with E-state index in [4.69, 9.17) is 34.8 Å². The van der Waals surface area contributed by atoms with Gasteiger partial charge < -0.3 is 5.32 Å². The molecule has 0 radical (unpaired) electrons. The highest BCUT2D eigenvalue weighted by atomic mass is 35.5. The largest absolute Gasteiger partial charge is 0.320 e. The van der Waals surface area contributed by atoms with E-state index in [1.54, 1.807) is 37.4 Å². The monoisotopic (exact) mass is 479 g/mol. The molecule has 3 amide bonds. The number of carbonyl (C=O) groups excluding carboxylic acids is 3. The molecule has 0 saturated heterocycles. The molecule has 8 nitrogen and oxygen atoms in total. The molecule has 2 aromatic heterocycles. The fourth-order valence-electron chi connectivity index (χ4n) is 2.81. The lowest BCUT2D eigenvalue weighted by Gasteiger charge is -2.16. The lowest BCUT2D eigenvalue weighted by Crippen LogP contribution is -2.40. The van der Waals surface area contributed by atoms with Crippen molar-refractivity contribution in [2.45, 2.75) is 13.8 Å². The molecule has 0 atom stereocenters. The molecule has 0 spiro atoms. The molecule has 0 fully saturated rings. The minimum absolute atomic E-state index is 0.0558. The van der Waals surface area contributed by atoms with Gasteiger partial charge in [0, 0.05) is 18.1 Å². The molecule has 160 valence electrons. The maximum atomic E-state index is 13.1. The van der Waals surface area contributed by atoms with Crippen LogP contribution in [0.3, 0.4) is 0 Å². The summed E-state index contributed by atoms with van der Waals surface area (Å²) in [5.74, 6) is -1.32. The number of nitrogens with zero attached hydrogens (tertiary/aromatic N) is 2. The number of pyridine rings is 1. The molecule has 31 heavy (non-hydrogen) atoms. The number of halogens is 3. The average molecular weight is 481 g/mol. The Morgan fingerprint density at radius 1 is 1.00 bits per heavy atom. The zero-order valence-corrected chi connectivity index (χ0v) is 18.6. The molecular formula is C20H16Cl3N5O3. The number of hydrazine groups is 1. The zero-order chi connectivity index (χ0) is 22.7. The first-order valence-electron chi connectivity index (χ1n) is 8.85. The van der Waals surface area contributed by atoms with Gasteiger partial charge >= 0.3 is 0 Å². The first kappa shape index (κ1) is 22.6. The number of hydrogen-bond acceptors (Lipinski definition) is 4. The van der Waals surface area contributed by atoms with Crippen molar-refractivity contribution in [1.29, 1.82) is 0 Å². The lowest BCUT2D eigenvalue weighted by molar-refractivity contribution is -0.119. The summed E-state index contributed by atoms with van der Waals surface area (Å²) in [6.45, 7) is 2.92. The van der Waals surface area contributed by atoms with Crippen LogP contribution in [0.4, 0.5) is 5.69 Å². The maximum absolute atomic E-state index is 13.1. The summed E-state index contributed by atoms with van der Waals surface area (Å²) in [5.41, 5.74) is 5.35. The van der Waals surface area contributed by atoms with E-state index in [-0.39, 0.29) is 32.1 Å². The number of hydrogen-bond donors (Lipinski definition) is 3. The number of carbonyl (C=O) groups is 3. The first-order valence-corrected chi connectivity index (χ1v) is 9.99. The summed E-state index contributed by atoms with van der Waals surface area (Å²) in [5, 5.41) is 3.26. The Hall–Kier alpha value is -3.07. The van der Waals surface area contributed by atoms with Crippen LogP contribution in [0.2, 0.25) is 15.2 Å². The van der Waals surface area contributed by atoms with Gasteiger partial charge in [0.05, 0.1) is 16.3 Å². The minimum Gasteiger partial charge on any atom is -0.320 e. The summed E-state index contributed by atoms with van der Waals surface area (Å²) in [7, 11) is 0. The van der Waals surface area contributed by atoms with E-state index >= 15 is 0 Å². The number of rotatable bonds is 4. The van der Waals surface area contributed by atoms with Gasteiger partial charge in [-0.05, 0) is 42.8 Å². The van der Waals surface area contributed by atoms with E-state index in [9.17, 15) is 14.4 Å². The molecule has 0 aliphatic heterocycles. The van der Waals surface area contributed by atoms with Crippen LogP contribution in [0.25, 0.3) is 5.82 Å². The molecule has 0 aliphatic rings. The molecule has 3 aromatic rings. The quantitative estimate of drug-likeness (QED) is 0.487. The SMILES string of the molecule is CC(=O)NNC(=O)c1cc(Cl)cc(C)c1NC(=O)c1cc(Cl)c(Cl)n1-c1ccccn1. The van der Waals surface area contributed by atoms with Crippen LogP contribution in [0.5, 0.6) is 0 Å². The Morgan fingerprint density at radius 2 is 1.74 bits per heavy atom. The van der Waals surface area contributed by atoms with E-state index in [0.29, 0.717) is 11.4 Å². The standard InChI is InChI=1S/C20H16Cl3N5O3/c1-10-7-12(21)8-13(19(30)27-26-11(2)29)17(10)25-20(31)15-9-14(22)18(23)28(15)16-5-3-4-6-24-16/h3-9H,1-2H3,(H,25,31)(H,26,29)(H,27,30). The summed E-state index contributed by atoms with van der Waals surface area (Å²) in [6, 6.07) is 9.49. The number of aromatic nitrogens is 2. The Kier molecular flexibility index (Phi) is 6.84. The third-order valence-electron chi connectivity index (χ3n) is 4.14. The molecule has 2 heterocycles. The number of amides is 3. The van der Waals surface area contributed by atoms with Crippen LogP contribution in [0.1, 0.15) is 33.3 Å². The smallest absolute Gasteiger partial charge is 0.272 e. The van der Waals surface area contributed by atoms with Crippen molar-refractivity contribution < 1.29 is 14.4 Å². The molecule has 0 bridgehead atoms. The summed E-state index contributed by atoms with van der Waals surface area (Å²) < 4.78 is 1.39. The van der Waals surface area contributed by atoms with Gasteiger partial charge in [-0.3, -0.25) is 29.8 Å². The molecule has 1 aromatic carbocycles. The minimum atomic E-state index is -0.660. The highest BCUT2D eigenvalue weighted by molar-refractivity contribution is 6.42. The third kappa shape index (κ3) is 4.99. The van der Waals surface area contributed by atoms with Crippen molar-refractivity contribution in [3.63, 3.8) is 0 Å². The van der Waals surface area contributed by atoms with Crippen molar-refractivity contribution in [1.82, 2.24) is 20.4 Å². The van der Waals surface area contributed by atoms with E-state index in [1.807, 2.05) is 0 Å². The fourth-order valence-corrected chi connectivity index (χ4v) is 3.50. The summed E-state index contributed by atoms with van der Waals surface area (Å²) in [6.07, 6.45) is 1.55. The van der Waals surface area contributed by atoms with Crippen molar-refractivity contribution in [3.05, 3.63) is 74.6 Å². The first-order chi connectivity index (χ1) is 14.7. The number of anilines is 1. The van der Waals surface area contributed by atoms with E-state index < -0.39 is 17.7 Å². The van der Waals surface area contributed by atoms with Crippen LogP contribution in [-0.4, -0.2) is 27.3 Å². The Morgan fingerprint density at radius 3 is 2.39 bits per heavy atom. The normalized spacial score (nSPS) is 10.5. The second kappa shape index (κ2) is 9.38. The molecule has 11 heteroatoms. The number of aryl methyl sites for hydroxylation is 1. The van der Waals surface area contributed by atoms with Crippen molar-refractivity contribution in [3.8, 4) is 5.82 Å². The topological polar surface area (TPSA) is 105 Å². The van der Waals surface area contributed by atoms with Gasteiger partial charge in [-0.15, -0.1) is 0 Å². The molecule has 3 rings (SSSR count). The zero-order valence-electron chi connectivity index (χ0n) is 16.3. The summed E-state index contributed by atoms with van der Waals surface area (Å²) >= 11 is 18.5. The average Bonchev–Trinajstić information content (AvgIpc) is 3.03. The number of benzene rings is 1. The lowest BCUT2D eigenvalue weighted by atomic mass is 10.1. The van der Waals surface area contributed by atoms with Crippen molar-refractivity contribution >= 4 is 58.2 Å². The van der Waals surface area contributed by atoms with Gasteiger partial charge in [-0.2, -0.15) is 0 Å². The van der Waals surface area contributed by atoms with Crippen LogP contribution in [0, 0.1) is 6.92 Å². The molecular weight excluding hydrogens is 465 g/mol. The van der Waals surface area contributed by atoms with Gasteiger partial charge in [-0.1, -0.05) is 40.9 Å². The van der Waals surface area contributed by atoms with Gasteiger partial charge in [0.2, 0.25) is 5.91 Å². The molecule has 0 unspecified atom stereocenters. The Balaban J connectivity index is 2.01. The van der Waals surface area contributed by atoms with E-state index in [0.717, 1.165) is 0 Å². The highest BCUT2D eigenvalue weighted by Gasteiger charge is 2.23. The van der Waals surface area contributed by atoms with Crippen molar-refractivity contribution in [2.75, 3.05) is 5.32 Å². The molecule has 0 saturated carbocycles. The van der Waals surface area contributed by atoms with Gasteiger partial charge in [-0.25, -0.2) is 4.98 Å². The fraction of sp³-hybridized carbons (Fsp3) is 0.100. The van der Waals surface area contributed by atoms with Crippen LogP contribution in [-0.2, 0) is 4.79 Å². The second-order valence-corrected chi connectivity index (χ2v) is 7.63. The van der Waals surface area contributed by atoms with Gasteiger partial charge in [0.1, 0.15) is 16.7 Å². The van der Waals surface area contributed by atoms with Crippen LogP contribution >= 0.6 is 34.8 Å². The van der Waals surface area contributed by atoms with Gasteiger partial charge in [0.25, 0.3) is 11.8 Å². The molecule has 3 N–H and O–H groups in total. The predicted octanol–water partition coefficient (Wildman–Crippen LogP) is 4.17. The molecule has 0 aliphatic carbocycles. The van der Waals surface area contributed by atoms with Crippen LogP contribution in [0.15, 0.2) is 42.6 Å². The van der Waals surface area contributed by atoms with Crippen LogP contribution < -0.4 is 16.2 Å².